The van der Waals surface area contributed by atoms with Crippen LogP contribution < -0.4 is 9.47 Å². The van der Waals surface area contributed by atoms with Crippen molar-refractivity contribution >= 4 is 5.97 Å². The van der Waals surface area contributed by atoms with E-state index < -0.39 is 42.2 Å². The maximum absolute atomic E-state index is 13.1. The summed E-state index contributed by atoms with van der Waals surface area (Å²) in [6.07, 6.45) is -8.49. The lowest BCUT2D eigenvalue weighted by atomic mass is 10.1. The average Bonchev–Trinajstić information content (AvgIpc) is 2.37. The number of nitrogens with zero attached hydrogens (tertiary/aromatic N) is 1. The molecule has 10 heteroatoms. The summed E-state index contributed by atoms with van der Waals surface area (Å²) in [4.78, 5) is 14.6. The van der Waals surface area contributed by atoms with Gasteiger partial charge in [-0.3, -0.25) is 4.79 Å². The van der Waals surface area contributed by atoms with Crippen LogP contribution in [0.15, 0.2) is 6.20 Å². The monoisotopic (exact) mass is 329 g/mol. The third kappa shape index (κ3) is 4.71. The largest absolute Gasteiger partial charge is 0.574 e. The second-order valence-electron chi connectivity index (χ2n) is 3.85. The maximum Gasteiger partial charge on any atom is 0.574 e. The Labute approximate surface area is 122 Å². The molecule has 1 aromatic heterocycles. The quantitative estimate of drug-likeness (QED) is 0.593. The fourth-order valence-corrected chi connectivity index (χ4v) is 1.66. The lowest BCUT2D eigenvalue weighted by Crippen LogP contribution is -2.20. The van der Waals surface area contributed by atoms with Gasteiger partial charge in [0.15, 0.2) is 0 Å². The molecule has 0 aliphatic heterocycles. The Morgan fingerprint density at radius 3 is 2.45 bits per heavy atom. The molecule has 1 rings (SSSR count). The number of ether oxygens (including phenoxy) is 3. The molecule has 0 aliphatic rings. The van der Waals surface area contributed by atoms with Gasteiger partial charge in [-0.2, -0.15) is 0 Å². The van der Waals surface area contributed by atoms with Crippen molar-refractivity contribution < 1.29 is 41.0 Å². The van der Waals surface area contributed by atoms with Crippen LogP contribution in [0, 0.1) is 0 Å². The first kappa shape index (κ1) is 17.9. The minimum Gasteiger partial charge on any atom is -0.495 e. The molecule has 0 spiro atoms. The summed E-state index contributed by atoms with van der Waals surface area (Å²) >= 11 is 0. The van der Waals surface area contributed by atoms with Crippen LogP contribution in [0.5, 0.6) is 11.6 Å². The minimum atomic E-state index is -5.20. The molecule has 0 aliphatic carbocycles. The SMILES string of the molecule is CCOC(=O)Cc1c(OC)cnc(OC(F)(F)F)c1C(F)F. The van der Waals surface area contributed by atoms with E-state index in [9.17, 15) is 26.7 Å². The number of carbonyl (C=O) groups is 1. The number of esters is 1. The molecule has 0 N–H and O–H groups in total. The smallest absolute Gasteiger partial charge is 0.495 e. The van der Waals surface area contributed by atoms with Gasteiger partial charge in [0.25, 0.3) is 6.43 Å². The van der Waals surface area contributed by atoms with E-state index >= 15 is 0 Å². The average molecular weight is 329 g/mol. The summed E-state index contributed by atoms with van der Waals surface area (Å²) in [5.41, 5.74) is -1.63. The lowest BCUT2D eigenvalue weighted by Gasteiger charge is -2.17. The Hall–Kier alpha value is -2.13. The number of alkyl halides is 5. The van der Waals surface area contributed by atoms with Crippen LogP contribution >= 0.6 is 0 Å². The van der Waals surface area contributed by atoms with Crippen molar-refractivity contribution in [3.05, 3.63) is 17.3 Å². The van der Waals surface area contributed by atoms with Gasteiger partial charge in [-0.1, -0.05) is 0 Å². The first-order chi connectivity index (χ1) is 10.2. The Bertz CT molecular complexity index is 533. The number of rotatable bonds is 6. The number of aromatic nitrogens is 1. The van der Waals surface area contributed by atoms with E-state index in [-0.39, 0.29) is 12.4 Å². The van der Waals surface area contributed by atoms with Crippen LogP contribution in [0.4, 0.5) is 22.0 Å². The topological polar surface area (TPSA) is 57.7 Å². The molecule has 0 fully saturated rings. The van der Waals surface area contributed by atoms with Crippen LogP contribution in [0.25, 0.3) is 0 Å². The molecule has 0 unspecified atom stereocenters. The van der Waals surface area contributed by atoms with Crippen molar-refractivity contribution in [3.8, 4) is 11.6 Å². The van der Waals surface area contributed by atoms with Gasteiger partial charge in [0, 0.05) is 5.56 Å². The predicted octanol–water partition coefficient (Wildman–Crippen LogP) is 3.03. The molecule has 0 atom stereocenters. The standard InChI is InChI=1S/C12H12F5NO4/c1-3-21-8(19)4-6-7(20-2)5-18-11(9(6)10(13)14)22-12(15,16)17/h5,10H,3-4H2,1-2H3. The van der Waals surface area contributed by atoms with Gasteiger partial charge < -0.3 is 14.2 Å². The molecular weight excluding hydrogens is 317 g/mol. The Kier molecular flexibility index (Phi) is 5.89. The van der Waals surface area contributed by atoms with E-state index in [1.165, 1.54) is 6.92 Å². The van der Waals surface area contributed by atoms with Crippen molar-refractivity contribution in [2.24, 2.45) is 0 Å². The highest BCUT2D eigenvalue weighted by atomic mass is 19.4. The van der Waals surface area contributed by atoms with Crippen LogP contribution in [0.2, 0.25) is 0 Å². The Balaban J connectivity index is 3.35. The molecule has 0 saturated heterocycles. The summed E-state index contributed by atoms with van der Waals surface area (Å²) in [6, 6.07) is 0. The van der Waals surface area contributed by atoms with Crippen molar-refractivity contribution in [2.75, 3.05) is 13.7 Å². The maximum atomic E-state index is 13.1. The lowest BCUT2D eigenvalue weighted by molar-refractivity contribution is -0.276. The number of halogens is 5. The molecule has 0 radical (unpaired) electrons. The Morgan fingerprint density at radius 2 is 2.00 bits per heavy atom. The van der Waals surface area contributed by atoms with Gasteiger partial charge in [-0.05, 0) is 6.92 Å². The molecule has 0 saturated carbocycles. The summed E-state index contributed by atoms with van der Waals surface area (Å²) in [5.74, 6) is -2.49. The molecule has 1 heterocycles. The zero-order valence-electron chi connectivity index (χ0n) is 11.5. The summed E-state index contributed by atoms with van der Waals surface area (Å²) in [6.45, 7) is 1.48. The highest BCUT2D eigenvalue weighted by molar-refractivity contribution is 5.74. The molecular formula is C12H12F5NO4. The third-order valence-corrected chi connectivity index (χ3v) is 2.43. The fourth-order valence-electron chi connectivity index (χ4n) is 1.66. The van der Waals surface area contributed by atoms with Crippen molar-refractivity contribution in [1.82, 2.24) is 4.98 Å². The predicted molar refractivity (Wildman–Crippen MR) is 62.8 cm³/mol. The molecule has 5 nitrogen and oxygen atoms in total. The van der Waals surface area contributed by atoms with Crippen LogP contribution in [-0.4, -0.2) is 31.0 Å². The van der Waals surface area contributed by atoms with Crippen LogP contribution in [0.1, 0.15) is 24.5 Å². The second-order valence-corrected chi connectivity index (χ2v) is 3.85. The zero-order chi connectivity index (χ0) is 16.9. The fraction of sp³-hybridized carbons (Fsp3) is 0.500. The van der Waals surface area contributed by atoms with E-state index in [2.05, 4.69) is 14.5 Å². The number of hydrogen-bond acceptors (Lipinski definition) is 5. The second kappa shape index (κ2) is 7.23. The third-order valence-electron chi connectivity index (χ3n) is 2.43. The van der Waals surface area contributed by atoms with Gasteiger partial charge in [0.2, 0.25) is 5.88 Å². The van der Waals surface area contributed by atoms with Gasteiger partial charge >= 0.3 is 12.3 Å². The number of carbonyl (C=O) groups excluding carboxylic acids is 1. The summed E-state index contributed by atoms with van der Waals surface area (Å²) in [7, 11) is 1.10. The van der Waals surface area contributed by atoms with E-state index in [4.69, 9.17) is 4.74 Å². The number of pyridine rings is 1. The van der Waals surface area contributed by atoms with Crippen molar-refractivity contribution in [1.29, 1.82) is 0 Å². The van der Waals surface area contributed by atoms with Gasteiger partial charge in [0.05, 0.1) is 31.9 Å². The molecule has 22 heavy (non-hydrogen) atoms. The van der Waals surface area contributed by atoms with E-state index in [0.717, 1.165) is 13.3 Å². The molecule has 1 aromatic rings. The summed E-state index contributed by atoms with van der Waals surface area (Å²) in [5, 5.41) is 0. The molecule has 124 valence electrons. The number of hydrogen-bond donors (Lipinski definition) is 0. The minimum absolute atomic E-state index is 0.0118. The van der Waals surface area contributed by atoms with Gasteiger partial charge in [-0.15, -0.1) is 13.2 Å². The summed E-state index contributed by atoms with van der Waals surface area (Å²) < 4.78 is 75.8. The molecule has 0 amide bonds. The van der Waals surface area contributed by atoms with Gasteiger partial charge in [-0.25, -0.2) is 13.8 Å². The zero-order valence-corrected chi connectivity index (χ0v) is 11.5. The van der Waals surface area contributed by atoms with Gasteiger partial charge in [0.1, 0.15) is 5.75 Å². The van der Waals surface area contributed by atoms with E-state index in [1.807, 2.05) is 0 Å². The van der Waals surface area contributed by atoms with E-state index in [0.29, 0.717) is 0 Å². The Morgan fingerprint density at radius 1 is 1.36 bits per heavy atom. The highest BCUT2D eigenvalue weighted by Gasteiger charge is 2.36. The van der Waals surface area contributed by atoms with Crippen molar-refractivity contribution in [3.63, 3.8) is 0 Å². The highest BCUT2D eigenvalue weighted by Crippen LogP contribution is 2.38. The van der Waals surface area contributed by atoms with Crippen LogP contribution in [0.3, 0.4) is 0 Å². The van der Waals surface area contributed by atoms with E-state index in [1.54, 1.807) is 0 Å². The molecule has 0 bridgehead atoms. The normalized spacial score (nSPS) is 11.5. The molecule has 0 aromatic carbocycles. The van der Waals surface area contributed by atoms with Crippen molar-refractivity contribution in [2.45, 2.75) is 26.1 Å². The first-order valence-corrected chi connectivity index (χ1v) is 5.94. The van der Waals surface area contributed by atoms with Crippen LogP contribution in [-0.2, 0) is 16.0 Å². The number of methoxy groups -OCH3 is 1. The first-order valence-electron chi connectivity index (χ1n) is 5.94.